The highest BCUT2D eigenvalue weighted by molar-refractivity contribution is 5.78. The number of rotatable bonds is 15. The molecule has 3 saturated heterocycles. The number of fused-ring (bicyclic) bond motifs is 1. The molecule has 4 aliphatic rings. The lowest BCUT2D eigenvalue weighted by Crippen LogP contribution is -2.49. The summed E-state index contributed by atoms with van der Waals surface area (Å²) in [4.78, 5) is 37.0. The fourth-order valence-electron chi connectivity index (χ4n) is 6.66. The Morgan fingerprint density at radius 1 is 1.12 bits per heavy atom. The van der Waals surface area contributed by atoms with Gasteiger partial charge in [-0.1, -0.05) is 13.3 Å². The van der Waals surface area contributed by atoms with Crippen LogP contribution in [0.5, 0.6) is 0 Å². The van der Waals surface area contributed by atoms with Crippen LogP contribution in [0.3, 0.4) is 0 Å². The van der Waals surface area contributed by atoms with Crippen LogP contribution in [-0.4, -0.2) is 130 Å². The van der Waals surface area contributed by atoms with E-state index in [9.17, 15) is 9.59 Å². The van der Waals surface area contributed by atoms with E-state index < -0.39 is 0 Å². The average molecular weight is 576 g/mol. The van der Waals surface area contributed by atoms with Crippen molar-refractivity contribution in [1.29, 1.82) is 0 Å². The monoisotopic (exact) mass is 575 g/mol. The molecule has 0 unspecified atom stereocenters. The second-order valence-electron chi connectivity index (χ2n) is 12.4. The van der Waals surface area contributed by atoms with E-state index in [2.05, 4.69) is 41.8 Å². The van der Waals surface area contributed by atoms with Crippen LogP contribution in [0.15, 0.2) is 23.4 Å². The van der Waals surface area contributed by atoms with Crippen LogP contribution in [-0.2, 0) is 19.0 Å². The number of urea groups is 1. The van der Waals surface area contributed by atoms with E-state index in [0.29, 0.717) is 12.5 Å². The van der Waals surface area contributed by atoms with Gasteiger partial charge in [0.25, 0.3) is 0 Å². The van der Waals surface area contributed by atoms with E-state index >= 15 is 0 Å². The molecule has 1 aliphatic carbocycles. The molecule has 0 spiro atoms. The quantitative estimate of drug-likeness (QED) is 0.276. The van der Waals surface area contributed by atoms with Gasteiger partial charge in [0.05, 0.1) is 13.7 Å². The molecule has 0 aromatic rings. The van der Waals surface area contributed by atoms with Crippen LogP contribution in [0.1, 0.15) is 58.3 Å². The minimum Gasteiger partial charge on any atom is -0.497 e. The summed E-state index contributed by atoms with van der Waals surface area (Å²) in [6.45, 7) is 8.76. The van der Waals surface area contributed by atoms with E-state index in [1.54, 1.807) is 7.11 Å². The number of likely N-dealkylation sites (tertiary alicyclic amines) is 1. The summed E-state index contributed by atoms with van der Waals surface area (Å²) in [5, 5.41) is 0. The number of carbonyl (C=O) groups is 2. The van der Waals surface area contributed by atoms with Gasteiger partial charge in [-0.25, -0.2) is 4.79 Å². The number of unbranched alkanes of at least 4 members (excludes halogenated alkanes) is 2. The second kappa shape index (κ2) is 15.1. The predicted molar refractivity (Wildman–Crippen MR) is 159 cm³/mol. The third kappa shape index (κ3) is 8.31. The number of hydrogen-bond donors (Lipinski definition) is 0. The molecule has 10 nitrogen and oxygen atoms in total. The minimum absolute atomic E-state index is 0.120. The number of methoxy groups -OCH3 is 1. The lowest BCUT2D eigenvalue weighted by Gasteiger charge is -2.35. The highest BCUT2D eigenvalue weighted by atomic mass is 16.7. The first kappa shape index (κ1) is 31.5. The molecule has 3 fully saturated rings. The third-order valence-corrected chi connectivity index (χ3v) is 9.10. The molecule has 0 N–H and O–H groups in total. The van der Waals surface area contributed by atoms with Crippen LogP contribution in [0.25, 0.3) is 0 Å². The van der Waals surface area contributed by atoms with E-state index in [1.165, 1.54) is 0 Å². The molecular formula is C31H53N5O5. The van der Waals surface area contributed by atoms with Crippen molar-refractivity contribution in [2.45, 2.75) is 64.3 Å². The van der Waals surface area contributed by atoms with Gasteiger partial charge in [0.1, 0.15) is 5.76 Å². The number of amides is 3. The molecule has 3 aliphatic heterocycles. The van der Waals surface area contributed by atoms with Gasteiger partial charge in [0.2, 0.25) is 18.5 Å². The van der Waals surface area contributed by atoms with Crippen LogP contribution >= 0.6 is 0 Å². The molecule has 0 radical (unpaired) electrons. The number of nitrogens with zero attached hydrogens (tertiary/aromatic N) is 5. The van der Waals surface area contributed by atoms with Crippen molar-refractivity contribution < 1.29 is 23.8 Å². The first-order chi connectivity index (χ1) is 19.8. The van der Waals surface area contributed by atoms with Crippen LogP contribution in [0.2, 0.25) is 0 Å². The maximum Gasteiger partial charge on any atom is 0.319 e. The molecule has 3 atom stereocenters. The van der Waals surface area contributed by atoms with Crippen molar-refractivity contribution in [2.24, 2.45) is 11.8 Å². The zero-order valence-electron chi connectivity index (χ0n) is 26.1. The Hall–Kier alpha value is -2.46. The van der Waals surface area contributed by atoms with Crippen molar-refractivity contribution in [2.75, 3.05) is 87.4 Å². The Morgan fingerprint density at radius 2 is 1.90 bits per heavy atom. The molecule has 3 amide bonds. The highest BCUT2D eigenvalue weighted by Crippen LogP contribution is 2.41. The first-order valence-electron chi connectivity index (χ1n) is 15.7. The van der Waals surface area contributed by atoms with Gasteiger partial charge in [-0.3, -0.25) is 9.69 Å². The van der Waals surface area contributed by atoms with Crippen molar-refractivity contribution in [1.82, 2.24) is 24.5 Å². The zero-order valence-corrected chi connectivity index (χ0v) is 26.1. The lowest BCUT2D eigenvalue weighted by atomic mass is 9.83. The maximum atomic E-state index is 13.7. The smallest absolute Gasteiger partial charge is 0.319 e. The topological polar surface area (TPSA) is 78.0 Å². The number of allylic oxidation sites excluding steroid dienone is 2. The normalized spacial score (nSPS) is 24.9. The zero-order chi connectivity index (χ0) is 29.4. The van der Waals surface area contributed by atoms with Gasteiger partial charge in [-0.15, -0.1) is 0 Å². The van der Waals surface area contributed by atoms with Crippen molar-refractivity contribution in [3.63, 3.8) is 0 Å². The molecule has 0 aromatic heterocycles. The third-order valence-electron chi connectivity index (χ3n) is 9.10. The van der Waals surface area contributed by atoms with Gasteiger partial charge < -0.3 is 33.8 Å². The van der Waals surface area contributed by atoms with E-state index in [4.69, 9.17) is 14.2 Å². The highest BCUT2D eigenvalue weighted by Gasteiger charge is 2.41. The second-order valence-corrected chi connectivity index (χ2v) is 12.4. The summed E-state index contributed by atoms with van der Waals surface area (Å²) in [5.41, 5.74) is 0. The van der Waals surface area contributed by atoms with E-state index in [-0.39, 0.29) is 30.7 Å². The molecule has 41 heavy (non-hydrogen) atoms. The fraction of sp³-hybridized carbons (Fsp3) is 0.806. The van der Waals surface area contributed by atoms with Gasteiger partial charge in [-0.05, 0) is 77.1 Å². The van der Waals surface area contributed by atoms with Crippen molar-refractivity contribution >= 4 is 11.9 Å². The molecular weight excluding hydrogens is 522 g/mol. The standard InChI is InChI=1S/C31H53N5O5/c1-6-7-14-34(15-9-8-12-32(2)3)29(37)22-36-21-25(24-19-27(39-5)30-28(20-24)40-23-41-30)18-26(36)11-17-35-16-10-13-33(4)31(35)38/h20,24-26H,6-19,21-23H2,1-5H3/t24-,25-,26+/m1/s1. The summed E-state index contributed by atoms with van der Waals surface area (Å²) < 4.78 is 17.1. The largest absolute Gasteiger partial charge is 0.497 e. The number of hydrogen-bond acceptors (Lipinski definition) is 7. The molecule has 10 heteroatoms. The Kier molecular flexibility index (Phi) is 11.6. The van der Waals surface area contributed by atoms with Crippen LogP contribution in [0.4, 0.5) is 4.79 Å². The fourth-order valence-corrected chi connectivity index (χ4v) is 6.66. The molecule has 4 rings (SSSR count). The minimum atomic E-state index is 0.120. The number of carbonyl (C=O) groups excluding carboxylic acids is 2. The van der Waals surface area contributed by atoms with E-state index in [1.807, 2.05) is 16.8 Å². The molecule has 0 aromatic carbocycles. The average Bonchev–Trinajstić information content (AvgIpc) is 3.59. The first-order valence-corrected chi connectivity index (χ1v) is 15.7. The number of ether oxygens (including phenoxy) is 3. The summed E-state index contributed by atoms with van der Waals surface area (Å²) in [6, 6.07) is 0.371. The molecule has 232 valence electrons. The summed E-state index contributed by atoms with van der Waals surface area (Å²) in [5.74, 6) is 3.24. The molecule has 0 bridgehead atoms. The molecule has 0 saturated carbocycles. The molecule has 3 heterocycles. The van der Waals surface area contributed by atoms with E-state index in [0.717, 1.165) is 114 Å². The van der Waals surface area contributed by atoms with Gasteiger partial charge in [-0.2, -0.15) is 0 Å². The maximum absolute atomic E-state index is 13.7. The van der Waals surface area contributed by atoms with Gasteiger partial charge >= 0.3 is 6.03 Å². The summed E-state index contributed by atoms with van der Waals surface area (Å²) in [7, 11) is 7.77. The van der Waals surface area contributed by atoms with Crippen molar-refractivity contribution in [3.8, 4) is 0 Å². The van der Waals surface area contributed by atoms with Crippen LogP contribution in [0, 0.1) is 11.8 Å². The Labute approximate surface area is 247 Å². The SMILES string of the molecule is CCCCN(CCCCN(C)C)C(=O)CN1C[C@H]([C@H]2C=C3OCOC3=C(OC)C2)C[C@@H]1CCN1CCCN(C)C1=O. The summed E-state index contributed by atoms with van der Waals surface area (Å²) in [6.07, 6.45) is 10.1. The Bertz CT molecular complexity index is 953. The van der Waals surface area contributed by atoms with Crippen LogP contribution < -0.4 is 0 Å². The summed E-state index contributed by atoms with van der Waals surface area (Å²) >= 11 is 0. The van der Waals surface area contributed by atoms with Gasteiger partial charge in [0.15, 0.2) is 5.76 Å². The Balaban J connectivity index is 1.44. The predicted octanol–water partition coefficient (Wildman–Crippen LogP) is 3.56. The van der Waals surface area contributed by atoms with Gasteiger partial charge in [0, 0.05) is 58.8 Å². The van der Waals surface area contributed by atoms with Crippen molar-refractivity contribution in [3.05, 3.63) is 23.4 Å². The lowest BCUT2D eigenvalue weighted by molar-refractivity contribution is -0.133. The Morgan fingerprint density at radius 3 is 2.66 bits per heavy atom.